The summed E-state index contributed by atoms with van der Waals surface area (Å²) in [6.07, 6.45) is 1.84. The zero-order chi connectivity index (χ0) is 15.0. The Bertz CT molecular complexity index is 821. The summed E-state index contributed by atoms with van der Waals surface area (Å²) in [7, 11) is 0. The first kappa shape index (κ1) is 14.3. The molecule has 3 rings (SSSR count). The summed E-state index contributed by atoms with van der Waals surface area (Å²) in [5.41, 5.74) is 7.17. The van der Waals surface area contributed by atoms with Crippen LogP contribution in [0.1, 0.15) is 5.69 Å². The molecular formula is C14H10BrClFN3O. The number of aromatic nitrogens is 2. The molecule has 0 aliphatic heterocycles. The fraction of sp³-hybridized carbons (Fsp3) is 0.0714. The van der Waals surface area contributed by atoms with Crippen molar-refractivity contribution in [3.63, 3.8) is 0 Å². The van der Waals surface area contributed by atoms with Crippen molar-refractivity contribution < 1.29 is 9.13 Å². The Balaban J connectivity index is 2.08. The summed E-state index contributed by atoms with van der Waals surface area (Å²) in [6, 6.07) is 8.21. The molecule has 0 aliphatic carbocycles. The highest BCUT2D eigenvalue weighted by atomic mass is 79.9. The third-order valence-corrected chi connectivity index (χ3v) is 3.88. The number of halogens is 3. The van der Waals surface area contributed by atoms with E-state index in [4.69, 9.17) is 22.1 Å². The Hall–Kier alpha value is -1.63. The van der Waals surface area contributed by atoms with E-state index in [0.717, 1.165) is 0 Å². The molecule has 21 heavy (non-hydrogen) atoms. The molecule has 0 saturated carbocycles. The first-order valence-electron chi connectivity index (χ1n) is 6.08. The molecule has 2 N–H and O–H groups in total. The van der Waals surface area contributed by atoms with Gasteiger partial charge in [-0.1, -0.05) is 17.7 Å². The first-order valence-corrected chi connectivity index (χ1v) is 7.25. The molecule has 0 saturated heterocycles. The Morgan fingerprint density at radius 3 is 2.95 bits per heavy atom. The Morgan fingerprint density at radius 2 is 2.19 bits per heavy atom. The highest BCUT2D eigenvalue weighted by Gasteiger charge is 2.15. The molecule has 0 radical (unpaired) electrons. The molecule has 0 unspecified atom stereocenters. The molecule has 0 atom stereocenters. The number of rotatable bonds is 3. The van der Waals surface area contributed by atoms with E-state index in [9.17, 15) is 4.39 Å². The number of ether oxygens (including phenoxy) is 1. The predicted molar refractivity (Wildman–Crippen MR) is 82.3 cm³/mol. The van der Waals surface area contributed by atoms with E-state index in [-0.39, 0.29) is 17.3 Å². The molecular weight excluding hydrogens is 361 g/mol. The van der Waals surface area contributed by atoms with Crippen LogP contribution in [0.2, 0.25) is 5.02 Å². The van der Waals surface area contributed by atoms with Crippen molar-refractivity contribution >= 4 is 33.2 Å². The van der Waals surface area contributed by atoms with E-state index < -0.39 is 5.82 Å². The lowest BCUT2D eigenvalue weighted by molar-refractivity contribution is 0.452. The third kappa shape index (κ3) is 2.62. The Labute approximate surface area is 133 Å². The van der Waals surface area contributed by atoms with Gasteiger partial charge in [0.2, 0.25) is 5.88 Å². The monoisotopic (exact) mass is 369 g/mol. The maximum atomic E-state index is 13.6. The molecule has 0 aliphatic rings. The van der Waals surface area contributed by atoms with E-state index in [0.29, 0.717) is 21.7 Å². The van der Waals surface area contributed by atoms with Crippen LogP contribution >= 0.6 is 27.5 Å². The summed E-state index contributed by atoms with van der Waals surface area (Å²) >= 11 is 9.00. The molecule has 0 amide bonds. The van der Waals surface area contributed by atoms with Crippen LogP contribution in [0.4, 0.5) is 4.39 Å². The molecule has 7 heteroatoms. The minimum atomic E-state index is -0.562. The summed E-state index contributed by atoms with van der Waals surface area (Å²) in [6.45, 7) is 0.244. The van der Waals surface area contributed by atoms with E-state index in [1.54, 1.807) is 0 Å². The summed E-state index contributed by atoms with van der Waals surface area (Å²) in [5, 5.41) is 0.0169. The van der Waals surface area contributed by atoms with Gasteiger partial charge < -0.3 is 10.5 Å². The maximum Gasteiger partial charge on any atom is 0.242 e. The van der Waals surface area contributed by atoms with Crippen molar-refractivity contribution in [1.82, 2.24) is 9.38 Å². The molecule has 3 aromatic rings. The molecule has 2 heterocycles. The van der Waals surface area contributed by atoms with Crippen molar-refractivity contribution in [1.29, 1.82) is 0 Å². The molecule has 0 bridgehead atoms. The number of benzene rings is 1. The zero-order valence-corrected chi connectivity index (χ0v) is 13.0. The lowest BCUT2D eigenvalue weighted by Gasteiger charge is -2.08. The SMILES string of the molecule is NCc1c(Oc2cc(F)c(Cl)cc2Br)nc2ccccn12. The van der Waals surface area contributed by atoms with Crippen LogP contribution in [0.25, 0.3) is 5.65 Å². The second-order valence-corrected chi connectivity index (χ2v) is 5.56. The lowest BCUT2D eigenvalue weighted by Crippen LogP contribution is -2.02. The van der Waals surface area contributed by atoms with Gasteiger partial charge in [-0.3, -0.25) is 4.40 Å². The van der Waals surface area contributed by atoms with Crippen LogP contribution in [-0.2, 0) is 6.54 Å². The smallest absolute Gasteiger partial charge is 0.242 e. The number of hydrogen-bond acceptors (Lipinski definition) is 3. The Morgan fingerprint density at radius 1 is 1.38 bits per heavy atom. The minimum absolute atomic E-state index is 0.0169. The van der Waals surface area contributed by atoms with Crippen LogP contribution in [0.3, 0.4) is 0 Å². The van der Waals surface area contributed by atoms with Gasteiger partial charge in [0, 0.05) is 18.8 Å². The number of fused-ring (bicyclic) bond motifs is 1. The van der Waals surface area contributed by atoms with Gasteiger partial charge in [-0.25, -0.2) is 4.39 Å². The fourth-order valence-corrected chi connectivity index (χ4v) is 2.70. The van der Waals surface area contributed by atoms with Crippen molar-refractivity contribution in [3.05, 3.63) is 57.5 Å². The quantitative estimate of drug-likeness (QED) is 0.705. The van der Waals surface area contributed by atoms with E-state index in [1.165, 1.54) is 12.1 Å². The van der Waals surface area contributed by atoms with Gasteiger partial charge in [-0.05, 0) is 34.1 Å². The topological polar surface area (TPSA) is 52.5 Å². The molecule has 2 aromatic heterocycles. The first-order chi connectivity index (χ1) is 10.1. The molecule has 0 spiro atoms. The molecule has 0 fully saturated rings. The van der Waals surface area contributed by atoms with Crippen LogP contribution in [0, 0.1) is 5.82 Å². The largest absolute Gasteiger partial charge is 0.436 e. The summed E-state index contributed by atoms with van der Waals surface area (Å²) < 4.78 is 21.6. The second kappa shape index (κ2) is 5.63. The average molecular weight is 371 g/mol. The highest BCUT2D eigenvalue weighted by molar-refractivity contribution is 9.10. The average Bonchev–Trinajstić information content (AvgIpc) is 2.81. The van der Waals surface area contributed by atoms with Crippen molar-refractivity contribution in [2.24, 2.45) is 5.73 Å². The lowest BCUT2D eigenvalue weighted by atomic mass is 10.3. The maximum absolute atomic E-state index is 13.6. The van der Waals surface area contributed by atoms with Crippen LogP contribution in [-0.4, -0.2) is 9.38 Å². The van der Waals surface area contributed by atoms with E-state index in [2.05, 4.69) is 20.9 Å². The normalized spacial score (nSPS) is 11.0. The van der Waals surface area contributed by atoms with Crippen molar-refractivity contribution in [2.75, 3.05) is 0 Å². The fourth-order valence-electron chi connectivity index (χ4n) is 1.98. The molecule has 4 nitrogen and oxygen atoms in total. The number of nitrogens with zero attached hydrogens (tertiary/aromatic N) is 2. The van der Waals surface area contributed by atoms with Gasteiger partial charge in [0.15, 0.2) is 0 Å². The number of imidazole rings is 1. The van der Waals surface area contributed by atoms with Crippen LogP contribution < -0.4 is 10.5 Å². The Kier molecular flexibility index (Phi) is 3.84. The number of hydrogen-bond donors (Lipinski definition) is 1. The van der Waals surface area contributed by atoms with Gasteiger partial charge in [-0.2, -0.15) is 4.98 Å². The van der Waals surface area contributed by atoms with Gasteiger partial charge in [0.1, 0.15) is 22.9 Å². The summed E-state index contributed by atoms with van der Waals surface area (Å²) in [4.78, 5) is 4.36. The molecule has 1 aromatic carbocycles. The van der Waals surface area contributed by atoms with Crippen molar-refractivity contribution in [2.45, 2.75) is 6.54 Å². The zero-order valence-electron chi connectivity index (χ0n) is 10.7. The van der Waals surface area contributed by atoms with Gasteiger partial charge in [0.25, 0.3) is 0 Å². The van der Waals surface area contributed by atoms with Gasteiger partial charge in [0.05, 0.1) is 9.50 Å². The summed E-state index contributed by atoms with van der Waals surface area (Å²) in [5.74, 6) is 0.0639. The highest BCUT2D eigenvalue weighted by Crippen LogP contribution is 2.34. The van der Waals surface area contributed by atoms with Gasteiger partial charge >= 0.3 is 0 Å². The predicted octanol–water partition coefficient (Wildman–Crippen LogP) is 4.14. The third-order valence-electron chi connectivity index (χ3n) is 2.97. The standard InChI is InChI=1S/C14H10BrClFN3O/c15-8-5-9(16)10(17)6-12(8)21-14-11(7-18)20-4-2-1-3-13(20)19-14/h1-6H,7,18H2. The van der Waals surface area contributed by atoms with E-state index in [1.807, 2.05) is 28.8 Å². The van der Waals surface area contributed by atoms with Crippen molar-refractivity contribution in [3.8, 4) is 11.6 Å². The minimum Gasteiger partial charge on any atom is -0.436 e. The number of pyridine rings is 1. The molecule has 108 valence electrons. The van der Waals surface area contributed by atoms with Crippen LogP contribution in [0.15, 0.2) is 41.0 Å². The second-order valence-electron chi connectivity index (χ2n) is 4.30. The van der Waals surface area contributed by atoms with Crippen LogP contribution in [0.5, 0.6) is 11.6 Å². The van der Waals surface area contributed by atoms with E-state index >= 15 is 0 Å². The van der Waals surface area contributed by atoms with Gasteiger partial charge in [-0.15, -0.1) is 0 Å². The number of nitrogens with two attached hydrogens (primary N) is 1.